The van der Waals surface area contributed by atoms with Gasteiger partial charge in [-0.1, -0.05) is 23.7 Å². The molecule has 5 heteroatoms. The van der Waals surface area contributed by atoms with Gasteiger partial charge < -0.3 is 10.4 Å². The number of carbonyl (C=O) groups is 2. The van der Waals surface area contributed by atoms with Crippen molar-refractivity contribution >= 4 is 23.3 Å². The van der Waals surface area contributed by atoms with Crippen molar-refractivity contribution in [3.63, 3.8) is 0 Å². The van der Waals surface area contributed by atoms with E-state index in [0.29, 0.717) is 18.0 Å². The number of aliphatic hydroxyl groups is 1. The average molecular weight is 270 g/mol. The summed E-state index contributed by atoms with van der Waals surface area (Å²) in [4.78, 5) is 22.6. The van der Waals surface area contributed by atoms with Crippen molar-refractivity contribution in [1.82, 2.24) is 5.32 Å². The summed E-state index contributed by atoms with van der Waals surface area (Å²) in [5.74, 6) is -1.24. The largest absolute Gasteiger partial charge is 0.393 e. The summed E-state index contributed by atoms with van der Waals surface area (Å²) in [6.07, 6.45) is -0.308. The molecule has 0 fully saturated rings. The lowest BCUT2D eigenvalue weighted by molar-refractivity contribution is -0.138. The first-order chi connectivity index (χ1) is 8.49. The first-order valence-corrected chi connectivity index (χ1v) is 6.10. The molecule has 0 saturated carbocycles. The van der Waals surface area contributed by atoms with Gasteiger partial charge in [0.15, 0.2) is 0 Å². The first kappa shape index (κ1) is 14.7. The van der Waals surface area contributed by atoms with E-state index in [1.54, 1.807) is 12.1 Å². The minimum Gasteiger partial charge on any atom is -0.393 e. The number of halogens is 1. The lowest BCUT2D eigenvalue weighted by Gasteiger charge is -2.06. The smallest absolute Gasteiger partial charge is 0.287 e. The molecular formula is C13H16ClNO3. The van der Waals surface area contributed by atoms with Gasteiger partial charge in [-0.15, -0.1) is 0 Å². The number of hydrogen-bond donors (Lipinski definition) is 2. The fraction of sp³-hybridized carbons (Fsp3) is 0.385. The Kier molecular flexibility index (Phi) is 5.82. The lowest BCUT2D eigenvalue weighted by atomic mass is 10.1. The van der Waals surface area contributed by atoms with Crippen LogP contribution in [-0.2, 0) is 16.0 Å². The monoisotopic (exact) mass is 269 g/mol. The number of Topliss-reactive ketones (excluding diaryl/α,β-unsaturated/α-hetero) is 1. The average Bonchev–Trinajstić information content (AvgIpc) is 2.30. The Morgan fingerprint density at radius 3 is 2.50 bits per heavy atom. The van der Waals surface area contributed by atoms with Gasteiger partial charge in [-0.25, -0.2) is 0 Å². The summed E-state index contributed by atoms with van der Waals surface area (Å²) < 4.78 is 0. The normalized spacial score (nSPS) is 11.9. The summed E-state index contributed by atoms with van der Waals surface area (Å²) in [6.45, 7) is 1.85. The molecule has 0 radical (unpaired) electrons. The van der Waals surface area contributed by atoms with Gasteiger partial charge in [0.05, 0.1) is 6.10 Å². The molecule has 0 saturated heterocycles. The third-order valence-electron chi connectivity index (χ3n) is 2.35. The van der Waals surface area contributed by atoms with Crippen LogP contribution in [0.5, 0.6) is 0 Å². The topological polar surface area (TPSA) is 66.4 Å². The van der Waals surface area contributed by atoms with Crippen LogP contribution in [-0.4, -0.2) is 29.4 Å². The molecule has 0 aliphatic rings. The van der Waals surface area contributed by atoms with Crippen molar-refractivity contribution in [2.75, 3.05) is 6.54 Å². The number of benzene rings is 1. The molecule has 0 aliphatic carbocycles. The van der Waals surface area contributed by atoms with Crippen LogP contribution < -0.4 is 5.32 Å². The number of amides is 1. The van der Waals surface area contributed by atoms with Crippen molar-refractivity contribution in [3.05, 3.63) is 34.9 Å². The van der Waals surface area contributed by atoms with E-state index in [1.165, 1.54) is 6.92 Å². The molecule has 1 atom stereocenters. The van der Waals surface area contributed by atoms with Gasteiger partial charge in [-0.3, -0.25) is 9.59 Å². The maximum atomic E-state index is 11.3. The van der Waals surface area contributed by atoms with Crippen LogP contribution in [0, 0.1) is 0 Å². The van der Waals surface area contributed by atoms with Crippen LogP contribution in [0.15, 0.2) is 24.3 Å². The van der Waals surface area contributed by atoms with E-state index in [-0.39, 0.29) is 6.42 Å². The summed E-state index contributed by atoms with van der Waals surface area (Å²) >= 11 is 5.75. The van der Waals surface area contributed by atoms with Crippen LogP contribution in [0.1, 0.15) is 18.9 Å². The van der Waals surface area contributed by atoms with Crippen LogP contribution in [0.25, 0.3) is 0 Å². The van der Waals surface area contributed by atoms with Gasteiger partial charge in [0, 0.05) is 18.0 Å². The van der Waals surface area contributed by atoms with Crippen molar-refractivity contribution in [3.8, 4) is 0 Å². The summed E-state index contributed by atoms with van der Waals surface area (Å²) in [5.41, 5.74) is 1.03. The highest BCUT2D eigenvalue weighted by molar-refractivity contribution is 6.36. The third-order valence-corrected chi connectivity index (χ3v) is 2.60. The molecular weight excluding hydrogens is 254 g/mol. The Hall–Kier alpha value is -1.39. The molecule has 0 spiro atoms. The Labute approximate surface area is 111 Å². The van der Waals surface area contributed by atoms with Crippen LogP contribution in [0.3, 0.4) is 0 Å². The van der Waals surface area contributed by atoms with E-state index in [1.807, 2.05) is 12.1 Å². The Morgan fingerprint density at radius 1 is 1.33 bits per heavy atom. The van der Waals surface area contributed by atoms with Crippen LogP contribution >= 0.6 is 11.6 Å². The second-order valence-electron chi connectivity index (χ2n) is 4.11. The molecule has 0 heterocycles. The predicted octanol–water partition coefficient (Wildman–Crippen LogP) is 1.34. The maximum absolute atomic E-state index is 11.3. The van der Waals surface area contributed by atoms with Gasteiger partial charge >= 0.3 is 0 Å². The molecule has 98 valence electrons. The van der Waals surface area contributed by atoms with Gasteiger partial charge in [0.1, 0.15) is 0 Å². The molecule has 0 unspecified atom stereocenters. The molecule has 18 heavy (non-hydrogen) atoms. The quantitative estimate of drug-likeness (QED) is 0.766. The van der Waals surface area contributed by atoms with Crippen molar-refractivity contribution in [1.29, 1.82) is 0 Å². The number of nitrogens with one attached hydrogen (secondary N) is 1. The third kappa shape index (κ3) is 5.29. The zero-order valence-electron chi connectivity index (χ0n) is 10.1. The lowest BCUT2D eigenvalue weighted by Crippen LogP contribution is -2.33. The van der Waals surface area contributed by atoms with Gasteiger partial charge in [0.25, 0.3) is 5.91 Å². The Morgan fingerprint density at radius 2 is 1.94 bits per heavy atom. The molecule has 1 amide bonds. The van der Waals surface area contributed by atoms with Crippen molar-refractivity contribution < 1.29 is 14.7 Å². The fourth-order valence-electron chi connectivity index (χ4n) is 1.43. The van der Waals surface area contributed by atoms with Gasteiger partial charge in [-0.05, 0) is 31.0 Å². The van der Waals surface area contributed by atoms with Gasteiger partial charge in [-0.2, -0.15) is 0 Å². The SMILES string of the molecule is C[C@H](O)CC(=O)C(=O)NCCc1ccc(Cl)cc1. The summed E-state index contributed by atoms with van der Waals surface area (Å²) in [6, 6.07) is 7.28. The standard InChI is InChI=1S/C13H16ClNO3/c1-9(16)8-12(17)13(18)15-7-6-10-2-4-11(14)5-3-10/h2-5,9,16H,6-8H2,1H3,(H,15,18)/t9-/m0/s1. The molecule has 1 aromatic rings. The molecule has 4 nitrogen and oxygen atoms in total. The molecule has 0 bridgehead atoms. The van der Waals surface area contributed by atoms with Crippen molar-refractivity contribution in [2.45, 2.75) is 25.9 Å². The highest BCUT2D eigenvalue weighted by Crippen LogP contribution is 2.09. The van der Waals surface area contributed by atoms with Crippen molar-refractivity contribution in [2.24, 2.45) is 0 Å². The van der Waals surface area contributed by atoms with E-state index >= 15 is 0 Å². The summed E-state index contributed by atoms with van der Waals surface area (Å²) in [5, 5.41) is 12.2. The van der Waals surface area contributed by atoms with E-state index in [4.69, 9.17) is 16.7 Å². The number of ketones is 1. The molecule has 1 rings (SSSR count). The van der Waals surface area contributed by atoms with Crippen LogP contribution in [0.4, 0.5) is 0 Å². The number of aliphatic hydroxyl groups excluding tert-OH is 1. The zero-order valence-corrected chi connectivity index (χ0v) is 10.9. The highest BCUT2D eigenvalue weighted by Gasteiger charge is 2.14. The van der Waals surface area contributed by atoms with E-state index in [2.05, 4.69) is 5.32 Å². The number of rotatable bonds is 6. The summed E-state index contributed by atoms with van der Waals surface area (Å²) in [7, 11) is 0. The Bertz CT molecular complexity index is 415. The van der Waals surface area contributed by atoms with Gasteiger partial charge in [0.2, 0.25) is 5.78 Å². The highest BCUT2D eigenvalue weighted by atomic mass is 35.5. The maximum Gasteiger partial charge on any atom is 0.287 e. The van der Waals surface area contributed by atoms with E-state index < -0.39 is 17.8 Å². The van der Waals surface area contributed by atoms with E-state index in [9.17, 15) is 9.59 Å². The number of hydrogen-bond acceptors (Lipinski definition) is 3. The molecule has 0 aliphatic heterocycles. The minimum absolute atomic E-state index is 0.146. The molecule has 0 aromatic heterocycles. The second-order valence-corrected chi connectivity index (χ2v) is 4.55. The number of carbonyl (C=O) groups excluding carboxylic acids is 2. The first-order valence-electron chi connectivity index (χ1n) is 5.72. The van der Waals surface area contributed by atoms with Crippen LogP contribution in [0.2, 0.25) is 5.02 Å². The molecule has 1 aromatic carbocycles. The Balaban J connectivity index is 2.31. The molecule has 2 N–H and O–H groups in total. The minimum atomic E-state index is -0.792. The predicted molar refractivity (Wildman–Crippen MR) is 69.5 cm³/mol. The fourth-order valence-corrected chi connectivity index (χ4v) is 1.56. The zero-order chi connectivity index (χ0) is 13.5. The van der Waals surface area contributed by atoms with E-state index in [0.717, 1.165) is 5.56 Å². The second kappa shape index (κ2) is 7.13.